The van der Waals surface area contributed by atoms with E-state index in [1.807, 2.05) is 6.07 Å². The van der Waals surface area contributed by atoms with E-state index in [1.165, 1.54) is 0 Å². The molecule has 0 amide bonds. The molecule has 1 fully saturated rings. The zero-order chi connectivity index (χ0) is 13.8. The van der Waals surface area contributed by atoms with Crippen LogP contribution < -0.4 is 16.4 Å². The second-order valence-electron chi connectivity index (χ2n) is 4.97. The second kappa shape index (κ2) is 5.99. The molecule has 2 rings (SSSR count). The lowest BCUT2D eigenvalue weighted by Gasteiger charge is -2.35. The van der Waals surface area contributed by atoms with Crippen molar-refractivity contribution in [3.05, 3.63) is 34.4 Å². The molecule has 1 aliphatic rings. The standard InChI is InChI=1S/C13H20N4O2/c14-9-11(15)10-5-7-16(8-6-10)12-3-1-2-4-13(12)17(18)19/h1-4,10-11H,5-9,14-15H2. The average molecular weight is 264 g/mol. The van der Waals surface area contributed by atoms with Crippen molar-refractivity contribution in [3.63, 3.8) is 0 Å². The third-order valence-corrected chi connectivity index (χ3v) is 3.84. The van der Waals surface area contributed by atoms with Gasteiger partial charge in [0.15, 0.2) is 0 Å². The largest absolute Gasteiger partial charge is 0.366 e. The summed E-state index contributed by atoms with van der Waals surface area (Å²) in [6.07, 6.45) is 1.87. The molecular formula is C13H20N4O2. The molecule has 0 aliphatic carbocycles. The van der Waals surface area contributed by atoms with Gasteiger partial charge in [-0.1, -0.05) is 12.1 Å². The number of benzene rings is 1. The molecule has 6 nitrogen and oxygen atoms in total. The van der Waals surface area contributed by atoms with Gasteiger partial charge in [-0.3, -0.25) is 10.1 Å². The zero-order valence-electron chi connectivity index (χ0n) is 10.9. The fraction of sp³-hybridized carbons (Fsp3) is 0.538. The fourth-order valence-electron chi connectivity index (χ4n) is 2.65. The summed E-state index contributed by atoms with van der Waals surface area (Å²) >= 11 is 0. The highest BCUT2D eigenvalue weighted by Crippen LogP contribution is 2.31. The molecule has 0 radical (unpaired) electrons. The maximum atomic E-state index is 11.0. The topological polar surface area (TPSA) is 98.4 Å². The minimum absolute atomic E-state index is 0.0351. The molecule has 4 N–H and O–H groups in total. The van der Waals surface area contributed by atoms with Gasteiger partial charge in [0.1, 0.15) is 5.69 Å². The summed E-state index contributed by atoms with van der Waals surface area (Å²) in [5.74, 6) is 0.420. The maximum Gasteiger partial charge on any atom is 0.292 e. The number of anilines is 1. The highest BCUT2D eigenvalue weighted by Gasteiger charge is 2.26. The van der Waals surface area contributed by atoms with Crippen LogP contribution in [0, 0.1) is 16.0 Å². The van der Waals surface area contributed by atoms with Crippen LogP contribution in [0.1, 0.15) is 12.8 Å². The molecule has 1 aliphatic heterocycles. The highest BCUT2D eigenvalue weighted by molar-refractivity contribution is 5.63. The van der Waals surface area contributed by atoms with Crippen LogP contribution in [-0.4, -0.2) is 30.6 Å². The Labute approximate surface area is 112 Å². The van der Waals surface area contributed by atoms with Crippen molar-refractivity contribution in [2.24, 2.45) is 17.4 Å². The Morgan fingerprint density at radius 2 is 2.00 bits per heavy atom. The molecule has 0 saturated carbocycles. The molecule has 1 atom stereocenters. The Morgan fingerprint density at radius 3 is 2.58 bits per heavy atom. The second-order valence-corrected chi connectivity index (χ2v) is 4.97. The minimum Gasteiger partial charge on any atom is -0.366 e. The van der Waals surface area contributed by atoms with Crippen LogP contribution in [0.3, 0.4) is 0 Å². The first kappa shape index (κ1) is 13.8. The van der Waals surface area contributed by atoms with Gasteiger partial charge in [0, 0.05) is 31.7 Å². The van der Waals surface area contributed by atoms with E-state index in [-0.39, 0.29) is 16.7 Å². The molecule has 1 unspecified atom stereocenters. The van der Waals surface area contributed by atoms with Crippen LogP contribution in [0.5, 0.6) is 0 Å². The maximum absolute atomic E-state index is 11.0. The third-order valence-electron chi connectivity index (χ3n) is 3.84. The van der Waals surface area contributed by atoms with Crippen molar-refractivity contribution in [1.29, 1.82) is 0 Å². The summed E-state index contributed by atoms with van der Waals surface area (Å²) in [7, 11) is 0. The molecule has 1 aromatic carbocycles. The number of nitrogens with two attached hydrogens (primary N) is 2. The lowest BCUT2D eigenvalue weighted by atomic mass is 9.89. The summed E-state index contributed by atoms with van der Waals surface area (Å²) in [6, 6.07) is 6.92. The smallest absolute Gasteiger partial charge is 0.292 e. The predicted molar refractivity (Wildman–Crippen MR) is 75.1 cm³/mol. The van der Waals surface area contributed by atoms with Gasteiger partial charge in [-0.2, -0.15) is 0 Å². The first-order valence-corrected chi connectivity index (χ1v) is 6.57. The molecule has 1 aromatic rings. The molecule has 1 saturated heterocycles. The SMILES string of the molecule is NCC(N)C1CCN(c2ccccc2[N+](=O)[O-])CC1. The minimum atomic E-state index is -0.326. The normalized spacial score (nSPS) is 18.3. The zero-order valence-corrected chi connectivity index (χ0v) is 10.9. The lowest BCUT2D eigenvalue weighted by Crippen LogP contribution is -2.44. The number of rotatable bonds is 4. The Morgan fingerprint density at radius 1 is 1.37 bits per heavy atom. The van der Waals surface area contributed by atoms with Gasteiger partial charge < -0.3 is 16.4 Å². The van der Waals surface area contributed by atoms with Gasteiger partial charge in [-0.25, -0.2) is 0 Å². The van der Waals surface area contributed by atoms with Gasteiger partial charge in [0.25, 0.3) is 5.69 Å². The van der Waals surface area contributed by atoms with Crippen molar-refractivity contribution < 1.29 is 4.92 Å². The number of nitrogens with zero attached hydrogens (tertiary/aromatic N) is 2. The third kappa shape index (κ3) is 3.02. The first-order chi connectivity index (χ1) is 9.13. The van der Waals surface area contributed by atoms with Crippen LogP contribution >= 0.6 is 0 Å². The first-order valence-electron chi connectivity index (χ1n) is 6.57. The highest BCUT2D eigenvalue weighted by atomic mass is 16.6. The summed E-state index contributed by atoms with van der Waals surface area (Å²) in [6.45, 7) is 2.09. The fourth-order valence-corrected chi connectivity index (χ4v) is 2.65. The van der Waals surface area contributed by atoms with Crippen LogP contribution in [0.4, 0.5) is 11.4 Å². The van der Waals surface area contributed by atoms with Crippen molar-refractivity contribution >= 4 is 11.4 Å². The molecule has 104 valence electrons. The van der Waals surface area contributed by atoms with Crippen LogP contribution in [0.2, 0.25) is 0 Å². The van der Waals surface area contributed by atoms with E-state index in [0.29, 0.717) is 18.2 Å². The molecular weight excluding hydrogens is 244 g/mol. The molecule has 0 bridgehead atoms. The van der Waals surface area contributed by atoms with Crippen molar-refractivity contribution in [2.75, 3.05) is 24.5 Å². The number of nitro groups is 1. The number of para-hydroxylation sites is 2. The predicted octanol–water partition coefficient (Wildman–Crippen LogP) is 1.10. The average Bonchev–Trinajstić information content (AvgIpc) is 2.46. The van der Waals surface area contributed by atoms with Crippen LogP contribution in [-0.2, 0) is 0 Å². The van der Waals surface area contributed by atoms with Gasteiger partial charge in [-0.15, -0.1) is 0 Å². The lowest BCUT2D eigenvalue weighted by molar-refractivity contribution is -0.384. The van der Waals surface area contributed by atoms with Crippen molar-refractivity contribution in [2.45, 2.75) is 18.9 Å². The Kier molecular flexibility index (Phi) is 4.34. The monoisotopic (exact) mass is 264 g/mol. The summed E-state index contributed by atoms with van der Waals surface area (Å²) in [5, 5.41) is 11.0. The number of piperidine rings is 1. The molecule has 0 aromatic heterocycles. The molecule has 1 heterocycles. The summed E-state index contributed by atoms with van der Waals surface area (Å²) < 4.78 is 0. The van der Waals surface area contributed by atoms with E-state index >= 15 is 0 Å². The van der Waals surface area contributed by atoms with Crippen molar-refractivity contribution in [1.82, 2.24) is 0 Å². The van der Waals surface area contributed by atoms with Crippen LogP contribution in [0.15, 0.2) is 24.3 Å². The summed E-state index contributed by atoms with van der Waals surface area (Å²) in [4.78, 5) is 12.8. The van der Waals surface area contributed by atoms with E-state index in [2.05, 4.69) is 4.90 Å². The van der Waals surface area contributed by atoms with E-state index in [0.717, 1.165) is 25.9 Å². The van der Waals surface area contributed by atoms with Gasteiger partial charge in [-0.05, 0) is 24.8 Å². The Balaban J connectivity index is 2.08. The molecule has 0 spiro atoms. The number of hydrogen-bond donors (Lipinski definition) is 2. The van der Waals surface area contributed by atoms with E-state index in [1.54, 1.807) is 18.2 Å². The van der Waals surface area contributed by atoms with Gasteiger partial charge in [0.2, 0.25) is 0 Å². The molecule has 6 heteroatoms. The Hall–Kier alpha value is -1.66. The van der Waals surface area contributed by atoms with Gasteiger partial charge >= 0.3 is 0 Å². The molecule has 19 heavy (non-hydrogen) atoms. The van der Waals surface area contributed by atoms with E-state index in [9.17, 15) is 10.1 Å². The number of hydrogen-bond acceptors (Lipinski definition) is 5. The van der Waals surface area contributed by atoms with E-state index < -0.39 is 0 Å². The van der Waals surface area contributed by atoms with Crippen molar-refractivity contribution in [3.8, 4) is 0 Å². The Bertz CT molecular complexity index is 444. The number of nitro benzene ring substituents is 1. The van der Waals surface area contributed by atoms with E-state index in [4.69, 9.17) is 11.5 Å². The van der Waals surface area contributed by atoms with Crippen LogP contribution in [0.25, 0.3) is 0 Å². The summed E-state index contributed by atoms with van der Waals surface area (Å²) in [5.41, 5.74) is 12.4. The quantitative estimate of drug-likeness (QED) is 0.626. The van der Waals surface area contributed by atoms with Gasteiger partial charge in [0.05, 0.1) is 4.92 Å².